The number of ether oxygens (including phenoxy) is 1. The fourth-order valence-electron chi connectivity index (χ4n) is 0.575. The number of esters is 1. The Bertz CT molecular complexity index is 156. The lowest BCUT2D eigenvalue weighted by Gasteiger charge is -2.05. The molecule has 64 valence electrons. The molecule has 0 amide bonds. The number of ketones is 1. The Morgan fingerprint density at radius 2 is 2.09 bits per heavy atom. The molecule has 0 saturated carbocycles. The summed E-state index contributed by atoms with van der Waals surface area (Å²) in [5.74, 6) is -0.781. The van der Waals surface area contributed by atoms with E-state index < -0.39 is 11.9 Å². The Labute approximate surface area is 70.5 Å². The molecule has 0 aromatic rings. The van der Waals surface area contributed by atoms with Gasteiger partial charge in [0.15, 0.2) is 5.78 Å². The van der Waals surface area contributed by atoms with Crippen molar-refractivity contribution in [2.45, 2.75) is 6.92 Å². The zero-order valence-corrected chi connectivity index (χ0v) is 7.73. The Morgan fingerprint density at radius 1 is 1.55 bits per heavy atom. The Morgan fingerprint density at radius 3 is 2.45 bits per heavy atom. The highest BCUT2D eigenvalue weighted by Crippen LogP contribution is 2.04. The smallest absolute Gasteiger partial charge is 0.315 e. The molecule has 0 aliphatic carbocycles. The van der Waals surface area contributed by atoms with Gasteiger partial charge in [-0.2, -0.15) is 11.8 Å². The summed E-state index contributed by atoms with van der Waals surface area (Å²) >= 11 is 1.41. The van der Waals surface area contributed by atoms with Crippen LogP contribution in [0.1, 0.15) is 6.92 Å². The summed E-state index contributed by atoms with van der Waals surface area (Å²) in [6, 6.07) is 0. The van der Waals surface area contributed by atoms with Crippen LogP contribution < -0.4 is 0 Å². The first-order chi connectivity index (χ1) is 5.13. The van der Waals surface area contributed by atoms with Crippen molar-refractivity contribution in [2.75, 3.05) is 19.1 Å². The van der Waals surface area contributed by atoms with Crippen LogP contribution in [0.5, 0.6) is 0 Å². The number of thioether (sulfide) groups is 1. The van der Waals surface area contributed by atoms with Crippen LogP contribution in [0.25, 0.3) is 0 Å². The van der Waals surface area contributed by atoms with E-state index in [4.69, 9.17) is 0 Å². The molecule has 11 heavy (non-hydrogen) atoms. The standard InChI is InChI=1S/C7H12O3S/c1-5(7(9)10-2)6(8)4-11-3/h5H,4H2,1-3H3. The van der Waals surface area contributed by atoms with E-state index in [0.29, 0.717) is 5.75 Å². The van der Waals surface area contributed by atoms with Crippen molar-refractivity contribution in [1.29, 1.82) is 0 Å². The summed E-state index contributed by atoms with van der Waals surface area (Å²) in [5, 5.41) is 0. The summed E-state index contributed by atoms with van der Waals surface area (Å²) in [6.07, 6.45) is 1.82. The van der Waals surface area contributed by atoms with E-state index in [2.05, 4.69) is 4.74 Å². The van der Waals surface area contributed by atoms with Gasteiger partial charge in [-0.05, 0) is 13.2 Å². The highest BCUT2D eigenvalue weighted by atomic mass is 32.2. The number of methoxy groups -OCH3 is 1. The van der Waals surface area contributed by atoms with E-state index in [9.17, 15) is 9.59 Å². The molecule has 0 N–H and O–H groups in total. The molecule has 0 spiro atoms. The van der Waals surface area contributed by atoms with Gasteiger partial charge in [0.1, 0.15) is 5.92 Å². The van der Waals surface area contributed by atoms with Crippen molar-refractivity contribution < 1.29 is 14.3 Å². The molecule has 0 radical (unpaired) electrons. The number of Topliss-reactive ketones (excluding diaryl/α,β-unsaturated/α-hetero) is 1. The van der Waals surface area contributed by atoms with Crippen molar-refractivity contribution in [2.24, 2.45) is 5.92 Å². The number of hydrogen-bond donors (Lipinski definition) is 0. The van der Waals surface area contributed by atoms with Crippen LogP contribution in [0.3, 0.4) is 0 Å². The van der Waals surface area contributed by atoms with Gasteiger partial charge in [0.2, 0.25) is 0 Å². The minimum atomic E-state index is -0.618. The van der Waals surface area contributed by atoms with E-state index in [0.717, 1.165) is 0 Å². The summed E-state index contributed by atoms with van der Waals surface area (Å²) < 4.78 is 4.41. The van der Waals surface area contributed by atoms with Gasteiger partial charge in [0, 0.05) is 0 Å². The normalized spacial score (nSPS) is 12.3. The fourth-order valence-corrected chi connectivity index (χ4v) is 1.11. The van der Waals surface area contributed by atoms with E-state index >= 15 is 0 Å². The lowest BCUT2D eigenvalue weighted by atomic mass is 10.1. The van der Waals surface area contributed by atoms with E-state index in [-0.39, 0.29) is 5.78 Å². The maximum atomic E-state index is 11.0. The molecule has 0 aromatic carbocycles. The van der Waals surface area contributed by atoms with Crippen LogP contribution in [0.15, 0.2) is 0 Å². The first kappa shape index (κ1) is 10.5. The van der Waals surface area contributed by atoms with Crippen LogP contribution in [-0.4, -0.2) is 30.9 Å². The molecular formula is C7H12O3S. The topological polar surface area (TPSA) is 43.4 Å². The van der Waals surface area contributed by atoms with Gasteiger partial charge >= 0.3 is 5.97 Å². The molecule has 0 aliphatic rings. The predicted octanol–water partition coefficient (Wildman–Crippen LogP) is 0.728. The Kier molecular flexibility index (Phi) is 4.94. The average Bonchev–Trinajstić information content (AvgIpc) is 2.02. The van der Waals surface area contributed by atoms with Gasteiger partial charge in [0.25, 0.3) is 0 Å². The third-order valence-electron chi connectivity index (χ3n) is 1.32. The molecule has 4 heteroatoms. The minimum absolute atomic E-state index is 0.0793. The van der Waals surface area contributed by atoms with Crippen LogP contribution >= 0.6 is 11.8 Å². The number of carbonyl (C=O) groups excluding carboxylic acids is 2. The third kappa shape index (κ3) is 3.41. The maximum Gasteiger partial charge on any atom is 0.315 e. The van der Waals surface area contributed by atoms with Gasteiger partial charge < -0.3 is 4.74 Å². The molecule has 0 fully saturated rings. The van der Waals surface area contributed by atoms with Crippen LogP contribution in [0.4, 0.5) is 0 Å². The number of carbonyl (C=O) groups is 2. The van der Waals surface area contributed by atoms with Crippen LogP contribution in [-0.2, 0) is 14.3 Å². The summed E-state index contributed by atoms with van der Waals surface area (Å²) in [6.45, 7) is 1.56. The second-order valence-corrected chi connectivity index (χ2v) is 3.01. The van der Waals surface area contributed by atoms with Gasteiger partial charge in [-0.15, -0.1) is 0 Å². The lowest BCUT2D eigenvalue weighted by Crippen LogP contribution is -2.23. The van der Waals surface area contributed by atoms with E-state index in [1.54, 1.807) is 6.92 Å². The molecule has 1 atom stereocenters. The minimum Gasteiger partial charge on any atom is -0.468 e. The predicted molar refractivity (Wildman–Crippen MR) is 44.6 cm³/mol. The van der Waals surface area contributed by atoms with Crippen LogP contribution in [0.2, 0.25) is 0 Å². The molecule has 0 saturated heterocycles. The summed E-state index contributed by atoms with van der Waals surface area (Å²) in [5.41, 5.74) is 0. The third-order valence-corrected chi connectivity index (χ3v) is 1.90. The zero-order valence-electron chi connectivity index (χ0n) is 6.92. The van der Waals surface area contributed by atoms with Gasteiger partial charge in [-0.1, -0.05) is 0 Å². The highest BCUT2D eigenvalue weighted by molar-refractivity contribution is 7.99. The highest BCUT2D eigenvalue weighted by Gasteiger charge is 2.20. The largest absolute Gasteiger partial charge is 0.468 e. The lowest BCUT2D eigenvalue weighted by molar-refractivity contribution is -0.147. The van der Waals surface area contributed by atoms with Crippen molar-refractivity contribution in [3.05, 3.63) is 0 Å². The molecule has 0 aliphatic heterocycles. The summed E-state index contributed by atoms with van der Waals surface area (Å²) in [7, 11) is 1.28. The van der Waals surface area contributed by atoms with E-state index in [1.165, 1.54) is 18.9 Å². The first-order valence-electron chi connectivity index (χ1n) is 3.23. The Balaban J connectivity index is 3.91. The Hall–Kier alpha value is -0.510. The average molecular weight is 176 g/mol. The zero-order chi connectivity index (χ0) is 8.85. The molecule has 1 unspecified atom stereocenters. The SMILES string of the molecule is COC(=O)C(C)C(=O)CSC. The fraction of sp³-hybridized carbons (Fsp3) is 0.714. The molecule has 0 heterocycles. The quantitative estimate of drug-likeness (QED) is 0.468. The van der Waals surface area contributed by atoms with Gasteiger partial charge in [-0.3, -0.25) is 9.59 Å². The molecule has 3 nitrogen and oxygen atoms in total. The second kappa shape index (κ2) is 5.18. The number of hydrogen-bond acceptors (Lipinski definition) is 4. The summed E-state index contributed by atoms with van der Waals surface area (Å²) in [4.78, 5) is 21.8. The molecule has 0 rings (SSSR count). The first-order valence-corrected chi connectivity index (χ1v) is 4.62. The van der Waals surface area contributed by atoms with Crippen molar-refractivity contribution in [1.82, 2.24) is 0 Å². The molecule has 0 bridgehead atoms. The monoisotopic (exact) mass is 176 g/mol. The van der Waals surface area contributed by atoms with E-state index in [1.807, 2.05) is 6.26 Å². The number of rotatable bonds is 4. The molecule has 0 aromatic heterocycles. The van der Waals surface area contributed by atoms with Crippen LogP contribution in [0, 0.1) is 5.92 Å². The van der Waals surface area contributed by atoms with Gasteiger partial charge in [-0.25, -0.2) is 0 Å². The maximum absolute atomic E-state index is 11.0. The van der Waals surface area contributed by atoms with Crippen molar-refractivity contribution in [3.8, 4) is 0 Å². The van der Waals surface area contributed by atoms with Gasteiger partial charge in [0.05, 0.1) is 12.9 Å². The molecular weight excluding hydrogens is 164 g/mol. The second-order valence-electron chi connectivity index (χ2n) is 2.14. The van der Waals surface area contributed by atoms with Crippen molar-refractivity contribution in [3.63, 3.8) is 0 Å². The van der Waals surface area contributed by atoms with Crippen molar-refractivity contribution >= 4 is 23.5 Å².